The van der Waals surface area contributed by atoms with Gasteiger partial charge < -0.3 is 16.8 Å². The van der Waals surface area contributed by atoms with Crippen LogP contribution in [0.1, 0.15) is 5.82 Å². The largest absolute Gasteiger partial charge is 0.399 e. The lowest BCUT2D eigenvalue weighted by atomic mass is 10.2. The molecule has 0 bridgehead atoms. The second-order valence-electron chi connectivity index (χ2n) is 3.66. The Morgan fingerprint density at radius 2 is 2.06 bits per heavy atom. The van der Waals surface area contributed by atoms with Crippen molar-refractivity contribution in [3.8, 4) is 0 Å². The average molecular weight is 217 g/mol. The predicted molar refractivity (Wildman–Crippen MR) is 66.0 cm³/mol. The fourth-order valence-electron chi connectivity index (χ4n) is 1.57. The number of aromatic nitrogens is 2. The minimum absolute atomic E-state index is 0.510. The molecule has 5 N–H and O–H groups in total. The quantitative estimate of drug-likeness (QED) is 0.653. The van der Waals surface area contributed by atoms with E-state index in [4.69, 9.17) is 11.5 Å². The summed E-state index contributed by atoms with van der Waals surface area (Å²) in [5, 5.41) is 3.90. The molecule has 16 heavy (non-hydrogen) atoms. The first-order valence-corrected chi connectivity index (χ1v) is 5.17. The smallest absolute Gasteiger partial charge is 0.135 e. The molecule has 0 aliphatic rings. The average Bonchev–Trinajstić information content (AvgIpc) is 2.25. The van der Waals surface area contributed by atoms with E-state index in [1.54, 1.807) is 6.07 Å². The lowest BCUT2D eigenvalue weighted by Gasteiger charge is -2.05. The van der Waals surface area contributed by atoms with Gasteiger partial charge in [0.1, 0.15) is 11.6 Å². The van der Waals surface area contributed by atoms with Crippen molar-refractivity contribution in [1.82, 2.24) is 15.3 Å². The molecule has 0 aliphatic carbocycles. The number of rotatable bonds is 3. The zero-order valence-electron chi connectivity index (χ0n) is 9.20. The van der Waals surface area contributed by atoms with Crippen LogP contribution in [0, 0.1) is 0 Å². The van der Waals surface area contributed by atoms with E-state index >= 15 is 0 Å². The van der Waals surface area contributed by atoms with Crippen LogP contribution < -0.4 is 16.8 Å². The number of hydrogen-bond acceptors (Lipinski definition) is 5. The Hall–Kier alpha value is -1.88. The van der Waals surface area contributed by atoms with Crippen molar-refractivity contribution in [2.24, 2.45) is 0 Å². The van der Waals surface area contributed by atoms with Crippen LogP contribution >= 0.6 is 0 Å². The highest BCUT2D eigenvalue weighted by Crippen LogP contribution is 2.20. The zero-order chi connectivity index (χ0) is 11.5. The normalized spacial score (nSPS) is 10.8. The Morgan fingerprint density at radius 3 is 2.81 bits per heavy atom. The van der Waals surface area contributed by atoms with Crippen LogP contribution in [0.25, 0.3) is 10.9 Å². The van der Waals surface area contributed by atoms with Crippen LogP contribution in [0.4, 0.5) is 11.5 Å². The number of nitrogens with zero attached hydrogens (tertiary/aromatic N) is 2. The third-order valence-corrected chi connectivity index (χ3v) is 2.40. The Labute approximate surface area is 93.9 Å². The molecule has 1 aromatic carbocycles. The monoisotopic (exact) mass is 217 g/mol. The molecule has 5 heteroatoms. The van der Waals surface area contributed by atoms with Gasteiger partial charge in [-0.25, -0.2) is 9.97 Å². The lowest BCUT2D eigenvalue weighted by Crippen LogP contribution is -2.13. The number of likely N-dealkylation sites (N-methyl/N-ethyl adjacent to an activating group) is 1. The molecule has 1 heterocycles. The number of fused-ring (bicyclic) bond motifs is 1. The topological polar surface area (TPSA) is 89.8 Å². The van der Waals surface area contributed by atoms with Gasteiger partial charge in [-0.3, -0.25) is 0 Å². The van der Waals surface area contributed by atoms with Crippen molar-refractivity contribution in [2.75, 3.05) is 25.1 Å². The van der Waals surface area contributed by atoms with Gasteiger partial charge in [-0.2, -0.15) is 0 Å². The maximum atomic E-state index is 5.87. The van der Waals surface area contributed by atoms with E-state index in [0.29, 0.717) is 11.5 Å². The summed E-state index contributed by atoms with van der Waals surface area (Å²) >= 11 is 0. The molecule has 2 rings (SSSR count). The summed E-state index contributed by atoms with van der Waals surface area (Å²) in [5.74, 6) is 1.25. The molecule has 0 unspecified atom stereocenters. The van der Waals surface area contributed by atoms with Crippen molar-refractivity contribution < 1.29 is 0 Å². The molecular weight excluding hydrogens is 202 g/mol. The van der Waals surface area contributed by atoms with E-state index in [0.717, 1.165) is 29.7 Å². The fraction of sp³-hybridized carbons (Fsp3) is 0.273. The molecule has 0 fully saturated rings. The van der Waals surface area contributed by atoms with Gasteiger partial charge in [-0.05, 0) is 25.2 Å². The number of nitrogens with one attached hydrogen (secondary N) is 1. The molecule has 0 amide bonds. The zero-order valence-corrected chi connectivity index (χ0v) is 9.20. The first kappa shape index (κ1) is 10.6. The van der Waals surface area contributed by atoms with Gasteiger partial charge >= 0.3 is 0 Å². The molecule has 0 spiro atoms. The maximum Gasteiger partial charge on any atom is 0.135 e. The van der Waals surface area contributed by atoms with Crippen molar-refractivity contribution >= 4 is 22.4 Å². The molecule has 2 aromatic rings. The van der Waals surface area contributed by atoms with E-state index in [2.05, 4.69) is 15.3 Å². The van der Waals surface area contributed by atoms with Crippen LogP contribution in [-0.4, -0.2) is 23.6 Å². The van der Waals surface area contributed by atoms with E-state index in [9.17, 15) is 0 Å². The lowest BCUT2D eigenvalue weighted by molar-refractivity contribution is 0.760. The van der Waals surface area contributed by atoms with Crippen molar-refractivity contribution in [1.29, 1.82) is 0 Å². The summed E-state index contributed by atoms with van der Waals surface area (Å²) in [6, 6.07) is 5.47. The van der Waals surface area contributed by atoms with Crippen LogP contribution in [0.2, 0.25) is 0 Å². The van der Waals surface area contributed by atoms with Gasteiger partial charge in [0.15, 0.2) is 0 Å². The highest BCUT2D eigenvalue weighted by molar-refractivity contribution is 5.89. The van der Waals surface area contributed by atoms with Crippen LogP contribution in [0.3, 0.4) is 0 Å². The number of nitrogens with two attached hydrogens (primary N) is 2. The van der Waals surface area contributed by atoms with Gasteiger partial charge in [0.05, 0.1) is 5.52 Å². The Kier molecular flexibility index (Phi) is 2.87. The summed E-state index contributed by atoms with van der Waals surface area (Å²) in [6.07, 6.45) is 0.755. The van der Waals surface area contributed by atoms with E-state index in [1.807, 2.05) is 19.2 Å². The number of hydrogen-bond donors (Lipinski definition) is 3. The molecule has 0 saturated heterocycles. The minimum atomic E-state index is 0.510. The van der Waals surface area contributed by atoms with Crippen molar-refractivity contribution in [2.45, 2.75) is 6.42 Å². The van der Waals surface area contributed by atoms with Crippen molar-refractivity contribution in [3.05, 3.63) is 24.0 Å². The van der Waals surface area contributed by atoms with Gasteiger partial charge in [0.2, 0.25) is 0 Å². The number of nitrogen functional groups attached to an aromatic ring is 2. The molecule has 0 saturated carbocycles. The first-order chi connectivity index (χ1) is 7.70. The fourth-order valence-corrected chi connectivity index (χ4v) is 1.57. The molecule has 5 nitrogen and oxygen atoms in total. The highest BCUT2D eigenvalue weighted by Gasteiger charge is 2.04. The van der Waals surface area contributed by atoms with E-state index in [-0.39, 0.29) is 0 Å². The molecule has 0 aliphatic heterocycles. The standard InChI is InChI=1S/C11H15N5/c1-14-5-4-10-15-9-6-7(12)2-3-8(9)11(13)16-10/h2-3,6,14H,4-5,12H2,1H3,(H2,13,15,16). The van der Waals surface area contributed by atoms with Crippen LogP contribution in [-0.2, 0) is 6.42 Å². The first-order valence-electron chi connectivity index (χ1n) is 5.17. The van der Waals surface area contributed by atoms with Gasteiger partial charge in [0, 0.05) is 24.0 Å². The molecule has 0 atom stereocenters. The summed E-state index contributed by atoms with van der Waals surface area (Å²) in [6.45, 7) is 0.827. The Bertz CT molecular complexity index is 509. The predicted octanol–water partition coefficient (Wildman–Crippen LogP) is 0.556. The number of benzene rings is 1. The van der Waals surface area contributed by atoms with Gasteiger partial charge in [-0.1, -0.05) is 0 Å². The molecule has 1 aromatic heterocycles. The van der Waals surface area contributed by atoms with Crippen LogP contribution in [0.5, 0.6) is 0 Å². The molecule has 0 radical (unpaired) electrons. The summed E-state index contributed by atoms with van der Waals surface area (Å²) in [4.78, 5) is 8.68. The molecular formula is C11H15N5. The van der Waals surface area contributed by atoms with Gasteiger partial charge in [-0.15, -0.1) is 0 Å². The van der Waals surface area contributed by atoms with Gasteiger partial charge in [0.25, 0.3) is 0 Å². The SMILES string of the molecule is CNCCc1nc(N)c2ccc(N)cc2n1. The van der Waals surface area contributed by atoms with Crippen molar-refractivity contribution in [3.63, 3.8) is 0 Å². The highest BCUT2D eigenvalue weighted by atomic mass is 15.0. The second-order valence-corrected chi connectivity index (χ2v) is 3.66. The van der Waals surface area contributed by atoms with E-state index < -0.39 is 0 Å². The molecule has 84 valence electrons. The summed E-state index contributed by atoms with van der Waals surface area (Å²) in [5.41, 5.74) is 13.1. The Balaban J connectivity index is 2.47. The van der Waals surface area contributed by atoms with Crippen LogP contribution in [0.15, 0.2) is 18.2 Å². The minimum Gasteiger partial charge on any atom is -0.399 e. The summed E-state index contributed by atoms with van der Waals surface area (Å²) in [7, 11) is 1.89. The Morgan fingerprint density at radius 1 is 1.25 bits per heavy atom. The second kappa shape index (κ2) is 4.32. The third-order valence-electron chi connectivity index (χ3n) is 2.40. The number of anilines is 2. The van der Waals surface area contributed by atoms with E-state index in [1.165, 1.54) is 0 Å². The third kappa shape index (κ3) is 2.04. The summed E-state index contributed by atoms with van der Waals surface area (Å²) < 4.78 is 0. The maximum absolute atomic E-state index is 5.87.